The van der Waals surface area contributed by atoms with Crippen molar-refractivity contribution in [3.05, 3.63) is 93.5 Å². The van der Waals surface area contributed by atoms with Crippen molar-refractivity contribution in [2.75, 3.05) is 10.8 Å². The highest BCUT2D eigenvalue weighted by Gasteiger charge is 2.34. The molecule has 0 aromatic heterocycles. The number of rotatable bonds is 10. The summed E-state index contributed by atoms with van der Waals surface area (Å²) in [4.78, 5) is 28.9. The number of carbonyl (C=O) groups is 2. The van der Waals surface area contributed by atoms with Gasteiger partial charge in [-0.3, -0.25) is 13.9 Å². The van der Waals surface area contributed by atoms with E-state index in [9.17, 15) is 18.0 Å². The quantitative estimate of drug-likeness (QED) is 0.291. The van der Waals surface area contributed by atoms with Gasteiger partial charge in [0, 0.05) is 28.2 Å². The minimum atomic E-state index is -4.13. The van der Waals surface area contributed by atoms with Crippen molar-refractivity contribution >= 4 is 50.7 Å². The average Bonchev–Trinajstić information content (AvgIpc) is 3.46. The highest BCUT2D eigenvalue weighted by molar-refractivity contribution is 7.92. The molecule has 2 amide bonds. The molecule has 0 saturated heterocycles. The Labute approximate surface area is 252 Å². The molecule has 41 heavy (non-hydrogen) atoms. The third-order valence-corrected chi connectivity index (χ3v) is 10.1. The number of halogens is 2. The van der Waals surface area contributed by atoms with Crippen LogP contribution in [0, 0.1) is 13.8 Å². The number of nitrogens with zero attached hydrogens (tertiary/aromatic N) is 2. The monoisotopic (exact) mass is 615 g/mol. The zero-order valence-corrected chi connectivity index (χ0v) is 25.8. The molecule has 1 unspecified atom stereocenters. The van der Waals surface area contributed by atoms with E-state index in [-0.39, 0.29) is 23.4 Å². The van der Waals surface area contributed by atoms with Crippen LogP contribution in [0.25, 0.3) is 0 Å². The first-order chi connectivity index (χ1) is 19.5. The topological polar surface area (TPSA) is 86.8 Å². The van der Waals surface area contributed by atoms with E-state index in [1.54, 1.807) is 55.5 Å². The molecule has 3 aromatic carbocycles. The van der Waals surface area contributed by atoms with Gasteiger partial charge in [-0.05, 0) is 81.1 Å². The van der Waals surface area contributed by atoms with E-state index in [0.29, 0.717) is 21.3 Å². The largest absolute Gasteiger partial charge is 0.352 e. The zero-order chi connectivity index (χ0) is 29.7. The van der Waals surface area contributed by atoms with Crippen molar-refractivity contribution in [1.29, 1.82) is 0 Å². The van der Waals surface area contributed by atoms with Gasteiger partial charge in [-0.2, -0.15) is 0 Å². The average molecular weight is 617 g/mol. The van der Waals surface area contributed by atoms with Crippen LogP contribution in [-0.2, 0) is 26.2 Å². The molecule has 0 bridgehead atoms. The molecule has 3 aromatic rings. The smallest absolute Gasteiger partial charge is 0.264 e. The van der Waals surface area contributed by atoms with Crippen LogP contribution in [0.5, 0.6) is 0 Å². The van der Waals surface area contributed by atoms with Crippen molar-refractivity contribution in [3.8, 4) is 0 Å². The number of sulfonamides is 1. The summed E-state index contributed by atoms with van der Waals surface area (Å²) in [6.07, 6.45) is 3.86. The molecule has 218 valence electrons. The Morgan fingerprint density at radius 2 is 1.56 bits per heavy atom. The maximum absolute atomic E-state index is 14.1. The number of carbonyl (C=O) groups excluding carboxylic acids is 2. The maximum Gasteiger partial charge on any atom is 0.264 e. The van der Waals surface area contributed by atoms with Gasteiger partial charge in [0.1, 0.15) is 12.6 Å². The lowest BCUT2D eigenvalue weighted by Crippen LogP contribution is -2.52. The summed E-state index contributed by atoms with van der Waals surface area (Å²) in [7, 11) is -4.13. The van der Waals surface area contributed by atoms with Crippen LogP contribution >= 0.6 is 23.2 Å². The molecule has 0 radical (unpaired) electrons. The zero-order valence-electron chi connectivity index (χ0n) is 23.4. The van der Waals surface area contributed by atoms with Gasteiger partial charge < -0.3 is 10.2 Å². The van der Waals surface area contributed by atoms with Crippen molar-refractivity contribution in [3.63, 3.8) is 0 Å². The summed E-state index contributed by atoms with van der Waals surface area (Å²) in [5, 5.41) is 3.75. The van der Waals surface area contributed by atoms with Gasteiger partial charge in [0.05, 0.1) is 10.6 Å². The molecule has 10 heteroatoms. The van der Waals surface area contributed by atoms with Crippen molar-refractivity contribution < 1.29 is 18.0 Å². The van der Waals surface area contributed by atoms with Gasteiger partial charge in [0.2, 0.25) is 11.8 Å². The minimum Gasteiger partial charge on any atom is -0.352 e. The third kappa shape index (κ3) is 7.23. The number of hydrogen-bond donors (Lipinski definition) is 1. The molecule has 1 aliphatic rings. The molecule has 1 saturated carbocycles. The summed E-state index contributed by atoms with van der Waals surface area (Å²) < 4.78 is 28.9. The summed E-state index contributed by atoms with van der Waals surface area (Å²) in [6.45, 7) is 4.86. The molecule has 1 atom stereocenters. The van der Waals surface area contributed by atoms with E-state index in [1.165, 1.54) is 17.0 Å². The first-order valence-electron chi connectivity index (χ1n) is 13.7. The number of nitrogens with one attached hydrogen (secondary N) is 1. The number of benzene rings is 3. The van der Waals surface area contributed by atoms with E-state index in [0.717, 1.165) is 41.1 Å². The van der Waals surface area contributed by atoms with E-state index < -0.39 is 28.5 Å². The normalized spacial score (nSPS) is 14.5. The Balaban J connectivity index is 1.73. The highest BCUT2D eigenvalue weighted by Crippen LogP contribution is 2.29. The molecule has 0 heterocycles. The number of amides is 2. The molecule has 1 aliphatic carbocycles. The molecular weight excluding hydrogens is 581 g/mol. The van der Waals surface area contributed by atoms with E-state index >= 15 is 0 Å². The number of aryl methyl sites for hydroxylation is 2. The summed E-state index contributed by atoms with van der Waals surface area (Å²) >= 11 is 12.9. The van der Waals surface area contributed by atoms with Crippen LogP contribution in [0.3, 0.4) is 0 Å². The SMILES string of the molecule is Cc1ccc(N(CC(=O)N(Cc2c(Cl)cccc2Cl)C(C)C(=O)NC2CCCC2)S(=O)(=O)c2ccccc2)cc1C. The lowest BCUT2D eigenvalue weighted by Gasteiger charge is -2.33. The summed E-state index contributed by atoms with van der Waals surface area (Å²) in [5.41, 5.74) is 2.70. The molecule has 1 fully saturated rings. The van der Waals surface area contributed by atoms with Crippen LogP contribution in [0.15, 0.2) is 71.6 Å². The molecule has 1 N–H and O–H groups in total. The van der Waals surface area contributed by atoms with Crippen molar-refractivity contribution in [2.45, 2.75) is 70.0 Å². The van der Waals surface area contributed by atoms with E-state index in [4.69, 9.17) is 23.2 Å². The first-order valence-corrected chi connectivity index (χ1v) is 15.9. The molecule has 7 nitrogen and oxygen atoms in total. The highest BCUT2D eigenvalue weighted by atomic mass is 35.5. The standard InChI is InChI=1S/C31H35Cl2N3O4S/c1-21-16-17-25(18-22(21)2)36(41(39,40)26-12-5-4-6-13-26)20-30(37)35(19-27-28(32)14-9-15-29(27)33)23(3)31(38)34-24-10-7-8-11-24/h4-6,9,12-18,23-24H,7-8,10-11,19-20H2,1-3H3,(H,34,38). The molecular formula is C31H35Cl2N3O4S. The number of hydrogen-bond acceptors (Lipinski definition) is 4. The number of anilines is 1. The van der Waals surface area contributed by atoms with Crippen LogP contribution in [-0.4, -0.2) is 43.8 Å². The Kier molecular flexibility index (Phi) is 10.00. The van der Waals surface area contributed by atoms with Gasteiger partial charge in [0.15, 0.2) is 0 Å². The summed E-state index contributed by atoms with van der Waals surface area (Å²) in [6, 6.07) is 17.4. The third-order valence-electron chi connectivity index (χ3n) is 7.65. The predicted octanol–water partition coefficient (Wildman–Crippen LogP) is 6.28. The fraction of sp³-hybridized carbons (Fsp3) is 0.355. The second-order valence-corrected chi connectivity index (χ2v) is 13.2. The van der Waals surface area contributed by atoms with Gasteiger partial charge in [-0.1, -0.05) is 66.4 Å². The van der Waals surface area contributed by atoms with Gasteiger partial charge >= 0.3 is 0 Å². The second kappa shape index (κ2) is 13.3. The van der Waals surface area contributed by atoms with E-state index in [2.05, 4.69) is 5.32 Å². The Bertz CT molecular complexity index is 1490. The fourth-order valence-electron chi connectivity index (χ4n) is 4.96. The van der Waals surface area contributed by atoms with Crippen LogP contribution in [0.2, 0.25) is 10.0 Å². The van der Waals surface area contributed by atoms with Crippen molar-refractivity contribution in [1.82, 2.24) is 10.2 Å². The van der Waals surface area contributed by atoms with Gasteiger partial charge in [-0.25, -0.2) is 8.42 Å². The lowest BCUT2D eigenvalue weighted by atomic mass is 10.1. The molecule has 4 rings (SSSR count). The summed E-state index contributed by atoms with van der Waals surface area (Å²) in [5.74, 6) is -0.870. The Morgan fingerprint density at radius 3 is 2.17 bits per heavy atom. The fourth-order valence-corrected chi connectivity index (χ4v) is 6.90. The van der Waals surface area contributed by atoms with Crippen LogP contribution in [0.4, 0.5) is 5.69 Å². The molecule has 0 spiro atoms. The minimum absolute atomic E-state index is 0.0521. The molecule has 0 aliphatic heterocycles. The van der Waals surface area contributed by atoms with Crippen molar-refractivity contribution in [2.24, 2.45) is 0 Å². The maximum atomic E-state index is 14.1. The Morgan fingerprint density at radius 1 is 0.927 bits per heavy atom. The second-order valence-electron chi connectivity index (χ2n) is 10.5. The Hall–Kier alpha value is -3.07. The first kappa shape index (κ1) is 30.9. The van der Waals surface area contributed by atoms with Crippen LogP contribution < -0.4 is 9.62 Å². The van der Waals surface area contributed by atoms with Gasteiger partial charge in [0.25, 0.3) is 10.0 Å². The van der Waals surface area contributed by atoms with E-state index in [1.807, 2.05) is 19.9 Å². The predicted molar refractivity (Wildman–Crippen MR) is 164 cm³/mol. The lowest BCUT2D eigenvalue weighted by molar-refractivity contribution is -0.139. The van der Waals surface area contributed by atoms with Crippen LogP contribution in [0.1, 0.15) is 49.3 Å². The van der Waals surface area contributed by atoms with Gasteiger partial charge in [-0.15, -0.1) is 0 Å².